The Morgan fingerprint density at radius 3 is 2.22 bits per heavy atom. The topological polar surface area (TPSA) is 105 Å². The quantitative estimate of drug-likeness (QED) is 0.342. The van der Waals surface area contributed by atoms with E-state index >= 15 is 0 Å². The SMILES string of the molecule is Cc1ccccc1C(=O)Nc1ccc[n+](-c2nc3ccccc3nc2NS(=O)(=O)c2ccccc2)c1. The van der Waals surface area contributed by atoms with Gasteiger partial charge in [0.1, 0.15) is 11.7 Å². The van der Waals surface area contributed by atoms with Crippen LogP contribution < -0.4 is 14.6 Å². The third-order valence-electron chi connectivity index (χ3n) is 5.53. The van der Waals surface area contributed by atoms with Gasteiger partial charge in [0.15, 0.2) is 0 Å². The zero-order valence-electron chi connectivity index (χ0n) is 19.3. The summed E-state index contributed by atoms with van der Waals surface area (Å²) >= 11 is 0. The van der Waals surface area contributed by atoms with E-state index in [1.807, 2.05) is 31.2 Å². The lowest BCUT2D eigenvalue weighted by Gasteiger charge is -2.10. The van der Waals surface area contributed by atoms with Crippen molar-refractivity contribution in [3.8, 4) is 5.82 Å². The van der Waals surface area contributed by atoms with Gasteiger partial charge in [-0.15, -0.1) is 0 Å². The average Bonchev–Trinajstić information content (AvgIpc) is 2.89. The number of carbonyl (C=O) groups is 1. The van der Waals surface area contributed by atoms with E-state index in [0.717, 1.165) is 5.56 Å². The van der Waals surface area contributed by atoms with Crippen molar-refractivity contribution < 1.29 is 17.8 Å². The Morgan fingerprint density at radius 2 is 1.47 bits per heavy atom. The number of pyridine rings is 1. The summed E-state index contributed by atoms with van der Waals surface area (Å²) < 4.78 is 30.4. The first-order chi connectivity index (χ1) is 17.4. The van der Waals surface area contributed by atoms with Crippen LogP contribution >= 0.6 is 0 Å². The fourth-order valence-electron chi connectivity index (χ4n) is 3.73. The summed E-state index contributed by atoms with van der Waals surface area (Å²) in [6, 6.07) is 26.0. The molecule has 0 bridgehead atoms. The summed E-state index contributed by atoms with van der Waals surface area (Å²) in [5.41, 5.74) is 3.07. The number of benzene rings is 3. The molecule has 5 aromatic rings. The van der Waals surface area contributed by atoms with Crippen LogP contribution in [0.15, 0.2) is 108 Å². The molecule has 0 unspecified atom stereocenters. The second-order valence-electron chi connectivity index (χ2n) is 8.07. The highest BCUT2D eigenvalue weighted by molar-refractivity contribution is 7.92. The number of anilines is 2. The van der Waals surface area contributed by atoms with E-state index in [4.69, 9.17) is 0 Å². The molecule has 2 aromatic heterocycles. The summed E-state index contributed by atoms with van der Waals surface area (Å²) in [6.45, 7) is 1.87. The number of nitrogens with zero attached hydrogens (tertiary/aromatic N) is 3. The van der Waals surface area contributed by atoms with Crippen LogP contribution in [0.1, 0.15) is 15.9 Å². The van der Waals surface area contributed by atoms with Gasteiger partial charge in [-0.05, 0) is 59.9 Å². The first kappa shape index (κ1) is 23.1. The van der Waals surface area contributed by atoms with Crippen molar-refractivity contribution in [3.05, 3.63) is 115 Å². The predicted octanol–water partition coefficient (Wildman–Crippen LogP) is 4.27. The number of fused-ring (bicyclic) bond motifs is 1. The molecule has 2 N–H and O–H groups in total. The highest BCUT2D eigenvalue weighted by atomic mass is 32.2. The van der Waals surface area contributed by atoms with Gasteiger partial charge in [-0.2, -0.15) is 4.57 Å². The first-order valence-electron chi connectivity index (χ1n) is 11.1. The number of hydrogen-bond acceptors (Lipinski definition) is 5. The van der Waals surface area contributed by atoms with Gasteiger partial charge in [0.05, 0.1) is 16.8 Å². The number of amides is 1. The lowest BCUT2D eigenvalue weighted by atomic mass is 10.1. The minimum atomic E-state index is -3.92. The van der Waals surface area contributed by atoms with Crippen molar-refractivity contribution in [3.63, 3.8) is 0 Å². The molecular weight excluding hydrogens is 474 g/mol. The number of rotatable bonds is 6. The van der Waals surface area contributed by atoms with Crippen LogP contribution in [-0.4, -0.2) is 24.3 Å². The van der Waals surface area contributed by atoms with Crippen molar-refractivity contribution in [1.82, 2.24) is 9.97 Å². The maximum absolute atomic E-state index is 13.1. The number of carbonyl (C=O) groups excluding carboxylic acids is 1. The minimum absolute atomic E-state index is 0.0601. The molecule has 9 heteroatoms. The van der Waals surface area contributed by atoms with Crippen molar-refractivity contribution in [2.24, 2.45) is 0 Å². The number of aryl methyl sites for hydroxylation is 1. The molecule has 0 aliphatic rings. The largest absolute Gasteiger partial charge is 0.372 e. The van der Waals surface area contributed by atoms with Gasteiger partial charge in [0.25, 0.3) is 15.9 Å². The lowest BCUT2D eigenvalue weighted by Crippen LogP contribution is -2.34. The molecule has 2 heterocycles. The second-order valence-corrected chi connectivity index (χ2v) is 9.75. The van der Waals surface area contributed by atoms with E-state index in [9.17, 15) is 13.2 Å². The maximum Gasteiger partial charge on any atom is 0.372 e. The molecule has 3 aromatic carbocycles. The van der Waals surface area contributed by atoms with E-state index in [0.29, 0.717) is 22.3 Å². The molecule has 1 amide bonds. The standard InChI is InChI=1S/C27H21N5O3S/c1-19-10-5-6-14-22(19)27(33)28-20-11-9-17-32(18-20)26-25(29-23-15-7-8-16-24(23)30-26)31-36(34,35)21-12-3-2-4-13-21/h2-18H,1H3,(H-,28,29,31,33)/p+1. The fraction of sp³-hybridized carbons (Fsp3) is 0.0370. The summed E-state index contributed by atoms with van der Waals surface area (Å²) in [6.07, 6.45) is 3.37. The third kappa shape index (κ3) is 4.77. The molecule has 36 heavy (non-hydrogen) atoms. The fourth-order valence-corrected chi connectivity index (χ4v) is 4.76. The Bertz CT molecular complexity index is 1690. The first-order valence-corrected chi connectivity index (χ1v) is 12.6. The molecule has 0 spiro atoms. The molecule has 5 rings (SSSR count). The van der Waals surface area contributed by atoms with Crippen LogP contribution in [0.3, 0.4) is 0 Å². The normalized spacial score (nSPS) is 11.2. The van der Waals surface area contributed by atoms with Crippen LogP contribution in [0, 0.1) is 6.92 Å². The van der Waals surface area contributed by atoms with Gasteiger partial charge in [-0.3, -0.25) is 9.52 Å². The molecule has 178 valence electrons. The number of sulfonamides is 1. The van der Waals surface area contributed by atoms with Gasteiger partial charge in [-0.1, -0.05) is 48.5 Å². The molecular formula is C27H22N5O3S+. The molecule has 0 atom stereocenters. The lowest BCUT2D eigenvalue weighted by molar-refractivity contribution is -0.598. The Balaban J connectivity index is 1.56. The molecule has 8 nitrogen and oxygen atoms in total. The average molecular weight is 497 g/mol. The van der Waals surface area contributed by atoms with E-state index in [2.05, 4.69) is 20.0 Å². The van der Waals surface area contributed by atoms with Gasteiger partial charge >= 0.3 is 5.82 Å². The maximum atomic E-state index is 13.1. The van der Waals surface area contributed by atoms with Crippen molar-refractivity contribution in [1.29, 1.82) is 0 Å². The number of nitrogens with one attached hydrogen (secondary N) is 2. The van der Waals surface area contributed by atoms with E-state index in [1.54, 1.807) is 71.6 Å². The molecule has 0 aliphatic carbocycles. The summed E-state index contributed by atoms with van der Waals surface area (Å²) in [5, 5.41) is 2.89. The molecule has 0 saturated carbocycles. The third-order valence-corrected chi connectivity index (χ3v) is 6.88. The number of para-hydroxylation sites is 2. The number of hydrogen-bond donors (Lipinski definition) is 2. The van der Waals surface area contributed by atoms with Crippen LogP contribution in [0.25, 0.3) is 16.9 Å². The molecule has 0 aliphatic heterocycles. The van der Waals surface area contributed by atoms with Gasteiger partial charge in [-0.25, -0.2) is 13.4 Å². The molecule has 0 radical (unpaired) electrons. The van der Waals surface area contributed by atoms with Gasteiger partial charge in [0, 0.05) is 5.56 Å². The van der Waals surface area contributed by atoms with Gasteiger partial charge in [0.2, 0.25) is 11.3 Å². The van der Waals surface area contributed by atoms with E-state index < -0.39 is 10.0 Å². The monoisotopic (exact) mass is 496 g/mol. The highest BCUT2D eigenvalue weighted by Gasteiger charge is 2.25. The van der Waals surface area contributed by atoms with Crippen LogP contribution in [-0.2, 0) is 10.0 Å². The van der Waals surface area contributed by atoms with Gasteiger partial charge < -0.3 is 5.32 Å². The molecule has 0 saturated heterocycles. The van der Waals surface area contributed by atoms with Crippen LogP contribution in [0.4, 0.5) is 11.5 Å². The predicted molar refractivity (Wildman–Crippen MR) is 137 cm³/mol. The Hall–Kier alpha value is -4.63. The van der Waals surface area contributed by atoms with Crippen LogP contribution in [0.2, 0.25) is 0 Å². The zero-order chi connectivity index (χ0) is 25.1. The Labute approximate surface area is 208 Å². The summed E-state index contributed by atoms with van der Waals surface area (Å²) in [5.74, 6) is 0.0746. The number of aromatic nitrogens is 3. The van der Waals surface area contributed by atoms with Crippen molar-refractivity contribution in [2.45, 2.75) is 11.8 Å². The highest BCUT2D eigenvalue weighted by Crippen LogP contribution is 2.21. The van der Waals surface area contributed by atoms with E-state index in [1.165, 1.54) is 12.1 Å². The smallest absolute Gasteiger partial charge is 0.319 e. The summed E-state index contributed by atoms with van der Waals surface area (Å²) in [4.78, 5) is 22.2. The summed E-state index contributed by atoms with van der Waals surface area (Å²) in [7, 11) is -3.92. The Kier molecular flexibility index (Phi) is 6.14. The zero-order valence-corrected chi connectivity index (χ0v) is 20.1. The van der Waals surface area contributed by atoms with Crippen molar-refractivity contribution in [2.75, 3.05) is 10.0 Å². The Morgan fingerprint density at radius 1 is 0.806 bits per heavy atom. The minimum Gasteiger partial charge on any atom is -0.319 e. The molecule has 0 fully saturated rings. The van der Waals surface area contributed by atoms with Crippen molar-refractivity contribution >= 4 is 38.5 Å². The second kappa shape index (κ2) is 9.55. The van der Waals surface area contributed by atoms with Crippen LogP contribution in [0.5, 0.6) is 0 Å². The van der Waals surface area contributed by atoms with E-state index in [-0.39, 0.29) is 22.4 Å².